The van der Waals surface area contributed by atoms with E-state index >= 15 is 0 Å². The fourth-order valence-electron chi connectivity index (χ4n) is 5.83. The standard InChI is InChI=1S/C32H29N2O3/c1-32(20-21-13-15-23(16-14-21)31(35)36-4)28(19-29-34(3)25-11-7-8-12-27(25)37-29)33(2)26-18-17-22-9-5-6-10-24(22)30(26)32/h5-19H,20H2,1-4H3/q+1. The average molecular weight is 490 g/mol. The van der Waals surface area contributed by atoms with Gasteiger partial charge in [0.1, 0.15) is 7.05 Å². The number of rotatable bonds is 4. The molecule has 0 amide bonds. The third-order valence-corrected chi connectivity index (χ3v) is 7.71. The number of nitrogens with zero attached hydrogens (tertiary/aromatic N) is 2. The lowest BCUT2D eigenvalue weighted by atomic mass is 9.73. The molecule has 1 unspecified atom stereocenters. The molecule has 0 aliphatic carbocycles. The van der Waals surface area contributed by atoms with E-state index in [2.05, 4.69) is 72.0 Å². The third kappa shape index (κ3) is 3.61. The van der Waals surface area contributed by atoms with Crippen molar-refractivity contribution in [1.29, 1.82) is 0 Å². The zero-order chi connectivity index (χ0) is 25.7. The Hall–Kier alpha value is -4.38. The molecule has 0 saturated carbocycles. The molecule has 0 fully saturated rings. The molecule has 37 heavy (non-hydrogen) atoms. The zero-order valence-corrected chi connectivity index (χ0v) is 21.5. The van der Waals surface area contributed by atoms with Crippen molar-refractivity contribution in [1.82, 2.24) is 0 Å². The molecule has 2 aliphatic rings. The van der Waals surface area contributed by atoms with Gasteiger partial charge in [0.2, 0.25) is 11.6 Å². The molecule has 4 aromatic rings. The monoisotopic (exact) mass is 489 g/mol. The van der Waals surface area contributed by atoms with E-state index < -0.39 is 0 Å². The Morgan fingerprint density at radius 3 is 2.49 bits per heavy atom. The lowest BCUT2D eigenvalue weighted by Gasteiger charge is -2.24. The quantitative estimate of drug-likeness (QED) is 0.252. The Balaban J connectivity index is 1.50. The second-order valence-electron chi connectivity index (χ2n) is 9.93. The smallest absolute Gasteiger partial charge is 0.337 e. The molecule has 1 atom stereocenters. The summed E-state index contributed by atoms with van der Waals surface area (Å²) in [7, 11) is 5.58. The topological polar surface area (TPSA) is 41.8 Å². The number of ether oxygens (including phenoxy) is 2. The summed E-state index contributed by atoms with van der Waals surface area (Å²) in [4.78, 5) is 14.1. The Kier molecular flexibility index (Phi) is 5.37. The normalized spacial score (nSPS) is 19.2. The van der Waals surface area contributed by atoms with Crippen LogP contribution in [0.4, 0.5) is 11.4 Å². The Bertz CT molecular complexity index is 1620. The van der Waals surface area contributed by atoms with Crippen LogP contribution in [-0.2, 0) is 16.6 Å². The minimum atomic E-state index is -0.344. The van der Waals surface area contributed by atoms with Gasteiger partial charge >= 0.3 is 5.97 Å². The first-order valence-corrected chi connectivity index (χ1v) is 12.4. The predicted octanol–water partition coefficient (Wildman–Crippen LogP) is 6.23. The van der Waals surface area contributed by atoms with Crippen molar-refractivity contribution in [3.8, 4) is 5.75 Å². The molecule has 2 aliphatic heterocycles. The van der Waals surface area contributed by atoms with Crippen LogP contribution < -0.4 is 9.64 Å². The maximum atomic E-state index is 12.0. The maximum Gasteiger partial charge on any atom is 0.337 e. The van der Waals surface area contributed by atoms with Crippen LogP contribution in [0.5, 0.6) is 5.75 Å². The van der Waals surface area contributed by atoms with Crippen LogP contribution in [0.3, 0.4) is 0 Å². The molecule has 4 aromatic carbocycles. The maximum absolute atomic E-state index is 12.0. The number of hydrogen-bond acceptors (Lipinski definition) is 4. The molecular weight excluding hydrogens is 460 g/mol. The number of allylic oxidation sites excluding steroid dienone is 1. The fourth-order valence-corrected chi connectivity index (χ4v) is 5.83. The second kappa shape index (κ2) is 8.63. The number of hydrogen-bond donors (Lipinski definition) is 0. The highest BCUT2D eigenvalue weighted by atomic mass is 16.5. The van der Waals surface area contributed by atoms with Crippen molar-refractivity contribution >= 4 is 33.8 Å². The van der Waals surface area contributed by atoms with Crippen molar-refractivity contribution in [3.05, 3.63) is 114 Å². The first-order valence-electron chi connectivity index (χ1n) is 12.4. The number of benzene rings is 4. The van der Waals surface area contributed by atoms with Gasteiger partial charge in [0, 0.05) is 18.7 Å². The molecule has 2 heterocycles. The zero-order valence-electron chi connectivity index (χ0n) is 21.5. The summed E-state index contributed by atoms with van der Waals surface area (Å²) in [5.74, 6) is 1.33. The van der Waals surface area contributed by atoms with Crippen molar-refractivity contribution in [2.24, 2.45) is 0 Å². The number of carbonyl (C=O) groups is 1. The van der Waals surface area contributed by atoms with Gasteiger partial charge in [-0.15, -0.1) is 0 Å². The van der Waals surface area contributed by atoms with Gasteiger partial charge in [0.15, 0.2) is 11.5 Å². The Morgan fingerprint density at radius 1 is 1.00 bits per heavy atom. The molecule has 0 spiro atoms. The largest absolute Gasteiger partial charge is 0.465 e. The molecule has 5 nitrogen and oxygen atoms in total. The van der Waals surface area contributed by atoms with Crippen LogP contribution >= 0.6 is 0 Å². The summed E-state index contributed by atoms with van der Waals surface area (Å²) in [6.07, 6.45) is 2.94. The SMILES string of the molecule is COC(=O)c1ccc(CC2(C)C(/C=C3\Oc4ccccc4N3C)=[N+](C)c3ccc4ccccc4c32)cc1. The highest BCUT2D eigenvalue weighted by molar-refractivity contribution is 6.08. The van der Waals surface area contributed by atoms with Gasteiger partial charge in [0.25, 0.3) is 0 Å². The van der Waals surface area contributed by atoms with Gasteiger partial charge in [-0.25, -0.2) is 4.79 Å². The van der Waals surface area contributed by atoms with E-state index in [9.17, 15) is 4.79 Å². The van der Waals surface area contributed by atoms with Crippen LogP contribution in [-0.4, -0.2) is 37.5 Å². The predicted molar refractivity (Wildman–Crippen MR) is 147 cm³/mol. The lowest BCUT2D eigenvalue weighted by Crippen LogP contribution is -2.34. The second-order valence-corrected chi connectivity index (χ2v) is 9.93. The van der Waals surface area contributed by atoms with E-state index in [0.717, 1.165) is 35.0 Å². The summed E-state index contributed by atoms with van der Waals surface area (Å²) in [5.41, 5.74) is 6.06. The molecule has 0 N–H and O–H groups in total. The average Bonchev–Trinajstić information content (AvgIpc) is 3.35. The first-order chi connectivity index (χ1) is 17.9. The number of para-hydroxylation sites is 2. The first kappa shape index (κ1) is 23.0. The lowest BCUT2D eigenvalue weighted by molar-refractivity contribution is -0.401. The Morgan fingerprint density at radius 2 is 1.73 bits per heavy atom. The van der Waals surface area contributed by atoms with E-state index in [1.165, 1.54) is 29.1 Å². The van der Waals surface area contributed by atoms with Crippen LogP contribution in [0.1, 0.15) is 28.4 Å². The minimum absolute atomic E-state index is 0.326. The van der Waals surface area contributed by atoms with Crippen molar-refractivity contribution in [3.63, 3.8) is 0 Å². The number of esters is 1. The van der Waals surface area contributed by atoms with E-state index in [0.29, 0.717) is 5.56 Å². The van der Waals surface area contributed by atoms with Crippen LogP contribution in [0.25, 0.3) is 10.8 Å². The summed E-state index contributed by atoms with van der Waals surface area (Å²) in [6, 6.07) is 28.8. The molecule has 0 aromatic heterocycles. The number of carbonyl (C=O) groups excluding carboxylic acids is 1. The van der Waals surface area contributed by atoms with Gasteiger partial charge in [-0.1, -0.05) is 48.5 Å². The van der Waals surface area contributed by atoms with Crippen molar-refractivity contribution < 1.29 is 18.8 Å². The van der Waals surface area contributed by atoms with E-state index in [4.69, 9.17) is 9.47 Å². The summed E-state index contributed by atoms with van der Waals surface area (Å²) in [6.45, 7) is 2.31. The summed E-state index contributed by atoms with van der Waals surface area (Å²) >= 11 is 0. The minimum Gasteiger partial charge on any atom is -0.465 e. The molecule has 184 valence electrons. The van der Waals surface area contributed by atoms with Gasteiger partial charge in [0.05, 0.1) is 29.9 Å². The molecular formula is C32H29N2O3+. The fraction of sp³-hybridized carbons (Fsp3) is 0.188. The van der Waals surface area contributed by atoms with Gasteiger partial charge in [-0.05, 0) is 60.0 Å². The van der Waals surface area contributed by atoms with Gasteiger partial charge < -0.3 is 14.4 Å². The molecule has 6 rings (SSSR count). The van der Waals surface area contributed by atoms with Gasteiger partial charge in [-0.3, -0.25) is 0 Å². The van der Waals surface area contributed by atoms with Crippen molar-refractivity contribution in [2.45, 2.75) is 18.8 Å². The van der Waals surface area contributed by atoms with Gasteiger partial charge in [-0.2, -0.15) is 4.58 Å². The molecule has 0 bridgehead atoms. The van der Waals surface area contributed by atoms with E-state index in [1.54, 1.807) is 0 Å². The highest BCUT2D eigenvalue weighted by Gasteiger charge is 2.48. The van der Waals surface area contributed by atoms with Crippen molar-refractivity contribution in [2.75, 3.05) is 26.1 Å². The number of methoxy groups -OCH3 is 1. The molecule has 0 radical (unpaired) electrons. The molecule has 0 saturated heterocycles. The summed E-state index contributed by atoms with van der Waals surface area (Å²) in [5, 5.41) is 2.47. The van der Waals surface area contributed by atoms with Crippen LogP contribution in [0, 0.1) is 0 Å². The van der Waals surface area contributed by atoms with E-state index in [-0.39, 0.29) is 11.4 Å². The third-order valence-electron chi connectivity index (χ3n) is 7.71. The van der Waals surface area contributed by atoms with Crippen LogP contribution in [0.2, 0.25) is 0 Å². The highest BCUT2D eigenvalue weighted by Crippen LogP contribution is 2.47. The van der Waals surface area contributed by atoms with E-state index in [1.807, 2.05) is 49.5 Å². The summed E-state index contributed by atoms with van der Waals surface area (Å²) < 4.78 is 13.5. The Labute approximate surface area is 216 Å². The number of anilines is 1. The number of fused-ring (bicyclic) bond motifs is 4. The molecule has 5 heteroatoms. The van der Waals surface area contributed by atoms with Crippen LogP contribution in [0.15, 0.2) is 96.9 Å².